The van der Waals surface area contributed by atoms with Crippen molar-refractivity contribution in [2.24, 2.45) is 5.10 Å². The molecule has 0 spiro atoms. The number of amides is 1. The maximum atomic E-state index is 12.7. The monoisotopic (exact) mass is 480 g/mol. The molecule has 6 heteroatoms. The number of aryl methyl sites for hydroxylation is 1. The number of rotatable bonds is 10. The normalized spacial score (nSPS) is 10.9. The van der Waals surface area contributed by atoms with E-state index in [0.29, 0.717) is 17.1 Å². The van der Waals surface area contributed by atoms with E-state index < -0.39 is 5.97 Å². The van der Waals surface area contributed by atoms with Crippen LogP contribution >= 0.6 is 0 Å². The minimum Gasteiger partial charge on any atom is -0.484 e. The van der Waals surface area contributed by atoms with Crippen LogP contribution < -0.4 is 14.9 Å². The molecule has 182 valence electrons. The lowest BCUT2D eigenvalue weighted by Gasteiger charge is -2.07. The molecule has 36 heavy (non-hydrogen) atoms. The molecule has 0 saturated carbocycles. The number of hydrogen-bond acceptors (Lipinski definition) is 5. The van der Waals surface area contributed by atoms with Crippen molar-refractivity contribution < 1.29 is 19.1 Å². The molecular weight excluding hydrogens is 452 g/mol. The molecule has 0 atom stereocenters. The summed E-state index contributed by atoms with van der Waals surface area (Å²) in [5.74, 6) is 0.282. The number of unbranched alkanes of at least 4 members (excludes halogenated alkanes) is 1. The zero-order chi connectivity index (χ0) is 25.2. The lowest BCUT2D eigenvalue weighted by Crippen LogP contribution is -2.24. The van der Waals surface area contributed by atoms with E-state index in [4.69, 9.17) is 9.47 Å². The molecule has 0 heterocycles. The van der Waals surface area contributed by atoms with Gasteiger partial charge < -0.3 is 9.47 Å². The topological polar surface area (TPSA) is 77.0 Å². The van der Waals surface area contributed by atoms with Gasteiger partial charge in [-0.3, -0.25) is 4.79 Å². The van der Waals surface area contributed by atoms with Crippen LogP contribution in [0.1, 0.15) is 41.3 Å². The molecule has 4 aromatic rings. The van der Waals surface area contributed by atoms with Crippen LogP contribution in [0.15, 0.2) is 96.1 Å². The highest BCUT2D eigenvalue weighted by Crippen LogP contribution is 2.21. The van der Waals surface area contributed by atoms with Gasteiger partial charge in [-0.15, -0.1) is 0 Å². The van der Waals surface area contributed by atoms with Crippen LogP contribution in [0.5, 0.6) is 11.5 Å². The number of nitrogens with zero attached hydrogens (tertiary/aromatic N) is 1. The second-order valence-corrected chi connectivity index (χ2v) is 8.31. The summed E-state index contributed by atoms with van der Waals surface area (Å²) < 4.78 is 11.0. The lowest BCUT2D eigenvalue weighted by molar-refractivity contribution is -0.123. The quantitative estimate of drug-likeness (QED) is 0.132. The first-order valence-corrected chi connectivity index (χ1v) is 12.0. The Morgan fingerprint density at radius 1 is 0.861 bits per heavy atom. The summed E-state index contributed by atoms with van der Waals surface area (Å²) in [5.41, 5.74) is 4.95. The number of carbonyl (C=O) groups excluding carboxylic acids is 2. The van der Waals surface area contributed by atoms with E-state index in [1.54, 1.807) is 30.3 Å². The Labute approximate surface area is 210 Å². The Balaban J connectivity index is 1.25. The van der Waals surface area contributed by atoms with Crippen molar-refractivity contribution in [3.8, 4) is 11.5 Å². The first-order chi connectivity index (χ1) is 17.6. The highest BCUT2D eigenvalue weighted by molar-refractivity contribution is 6.05. The molecule has 4 aromatic carbocycles. The molecule has 6 nitrogen and oxygen atoms in total. The molecule has 0 aromatic heterocycles. The predicted molar refractivity (Wildman–Crippen MR) is 142 cm³/mol. The van der Waals surface area contributed by atoms with E-state index in [0.717, 1.165) is 35.6 Å². The Hall–Kier alpha value is -4.45. The molecule has 0 saturated heterocycles. The molecule has 0 unspecified atom stereocenters. The van der Waals surface area contributed by atoms with Gasteiger partial charge in [0.2, 0.25) is 0 Å². The van der Waals surface area contributed by atoms with Crippen LogP contribution in [0, 0.1) is 0 Å². The maximum absolute atomic E-state index is 12.7. The highest BCUT2D eigenvalue weighted by atomic mass is 16.5. The first kappa shape index (κ1) is 24.7. The number of esters is 1. The Morgan fingerprint density at radius 2 is 1.58 bits per heavy atom. The average Bonchev–Trinajstić information content (AvgIpc) is 2.92. The van der Waals surface area contributed by atoms with Gasteiger partial charge in [0, 0.05) is 0 Å². The van der Waals surface area contributed by atoms with Crippen molar-refractivity contribution in [2.45, 2.75) is 26.2 Å². The van der Waals surface area contributed by atoms with E-state index in [9.17, 15) is 9.59 Å². The Morgan fingerprint density at radius 3 is 2.36 bits per heavy atom. The molecule has 0 fully saturated rings. The molecular formula is C30H28N2O4. The van der Waals surface area contributed by atoms with Crippen LogP contribution in [-0.4, -0.2) is 24.7 Å². The third-order valence-electron chi connectivity index (χ3n) is 5.62. The number of nitrogens with one attached hydrogen (secondary N) is 1. The van der Waals surface area contributed by atoms with Crippen molar-refractivity contribution >= 4 is 28.9 Å². The van der Waals surface area contributed by atoms with Gasteiger partial charge >= 0.3 is 5.97 Å². The molecule has 0 radical (unpaired) electrons. The number of fused-ring (bicyclic) bond motifs is 1. The fourth-order valence-corrected chi connectivity index (χ4v) is 3.68. The van der Waals surface area contributed by atoms with Crippen LogP contribution in [0.4, 0.5) is 0 Å². The van der Waals surface area contributed by atoms with E-state index in [1.807, 2.05) is 60.7 Å². The zero-order valence-corrected chi connectivity index (χ0v) is 20.1. The number of benzene rings is 4. The number of carbonyl (C=O) groups is 2. The van der Waals surface area contributed by atoms with E-state index >= 15 is 0 Å². The third-order valence-corrected chi connectivity index (χ3v) is 5.62. The van der Waals surface area contributed by atoms with Crippen molar-refractivity contribution in [2.75, 3.05) is 6.61 Å². The van der Waals surface area contributed by atoms with Gasteiger partial charge in [0.15, 0.2) is 6.61 Å². The number of ether oxygens (including phenoxy) is 2. The summed E-state index contributed by atoms with van der Waals surface area (Å²) in [5, 5.41) is 5.78. The van der Waals surface area contributed by atoms with E-state index in [2.05, 4.69) is 17.5 Å². The van der Waals surface area contributed by atoms with Crippen LogP contribution in [0.3, 0.4) is 0 Å². The summed E-state index contributed by atoms with van der Waals surface area (Å²) in [4.78, 5) is 24.7. The second-order valence-electron chi connectivity index (χ2n) is 8.31. The van der Waals surface area contributed by atoms with E-state index in [-0.39, 0.29) is 12.5 Å². The highest BCUT2D eigenvalue weighted by Gasteiger charge is 2.12. The van der Waals surface area contributed by atoms with Gasteiger partial charge in [0.05, 0.1) is 11.8 Å². The van der Waals surface area contributed by atoms with Gasteiger partial charge in [-0.25, -0.2) is 10.2 Å². The first-order valence-electron chi connectivity index (χ1n) is 12.0. The Kier molecular flexibility index (Phi) is 8.44. The largest absolute Gasteiger partial charge is 0.484 e. The number of hydrazone groups is 1. The molecule has 1 amide bonds. The molecule has 0 aliphatic rings. The summed E-state index contributed by atoms with van der Waals surface area (Å²) in [7, 11) is 0. The van der Waals surface area contributed by atoms with Crippen molar-refractivity contribution in [3.05, 3.63) is 108 Å². The van der Waals surface area contributed by atoms with Crippen LogP contribution in [-0.2, 0) is 11.2 Å². The van der Waals surface area contributed by atoms with Gasteiger partial charge in [-0.2, -0.15) is 5.10 Å². The molecule has 1 N–H and O–H groups in total. The van der Waals surface area contributed by atoms with Crippen molar-refractivity contribution in [1.29, 1.82) is 0 Å². The average molecular weight is 481 g/mol. The van der Waals surface area contributed by atoms with E-state index in [1.165, 1.54) is 11.8 Å². The SMILES string of the molecule is CCCCc1ccc(OCC(=O)NN=Cc2ccc(OC(=O)c3cccc4ccccc34)cc2)cc1. The smallest absolute Gasteiger partial charge is 0.344 e. The minimum absolute atomic E-state index is 0.130. The summed E-state index contributed by atoms with van der Waals surface area (Å²) in [6.45, 7) is 2.04. The standard InChI is InChI=1S/C30H28N2O4/c1-2-3-7-22-12-16-25(17-13-22)35-21-29(33)32-31-20-23-14-18-26(19-15-23)36-30(34)28-11-6-9-24-8-4-5-10-27(24)28/h4-6,8-20H,2-3,7,21H2,1H3,(H,32,33). The van der Waals surface area contributed by atoms with Crippen molar-refractivity contribution in [1.82, 2.24) is 5.43 Å². The minimum atomic E-state index is -0.420. The molecule has 4 rings (SSSR count). The maximum Gasteiger partial charge on any atom is 0.344 e. The molecule has 0 bridgehead atoms. The summed E-state index contributed by atoms with van der Waals surface area (Å²) in [6.07, 6.45) is 4.86. The zero-order valence-electron chi connectivity index (χ0n) is 20.1. The third kappa shape index (κ3) is 6.79. The fraction of sp³-hybridized carbons (Fsp3) is 0.167. The molecule has 0 aliphatic heterocycles. The number of hydrogen-bond donors (Lipinski definition) is 1. The van der Waals surface area contributed by atoms with Gasteiger partial charge in [-0.05, 0) is 77.2 Å². The second kappa shape index (κ2) is 12.3. The lowest BCUT2D eigenvalue weighted by atomic mass is 10.0. The summed E-state index contributed by atoms with van der Waals surface area (Å²) >= 11 is 0. The fourth-order valence-electron chi connectivity index (χ4n) is 3.68. The summed E-state index contributed by atoms with van der Waals surface area (Å²) in [6, 6.07) is 27.9. The van der Waals surface area contributed by atoms with Crippen LogP contribution in [0.2, 0.25) is 0 Å². The van der Waals surface area contributed by atoms with Crippen molar-refractivity contribution in [3.63, 3.8) is 0 Å². The molecule has 0 aliphatic carbocycles. The van der Waals surface area contributed by atoms with Gasteiger partial charge in [0.1, 0.15) is 11.5 Å². The van der Waals surface area contributed by atoms with Crippen LogP contribution in [0.25, 0.3) is 10.8 Å². The van der Waals surface area contributed by atoms with Gasteiger partial charge in [0.25, 0.3) is 5.91 Å². The van der Waals surface area contributed by atoms with Gasteiger partial charge in [-0.1, -0.05) is 61.9 Å². The predicted octanol–water partition coefficient (Wildman–Crippen LogP) is 5.93. The Bertz CT molecular complexity index is 1340.